The largest absolute Gasteiger partial charge is 0.459 e. The van der Waals surface area contributed by atoms with Crippen molar-refractivity contribution >= 4 is 5.91 Å². The first-order valence-corrected chi connectivity index (χ1v) is 8.38. The lowest BCUT2D eigenvalue weighted by Crippen LogP contribution is -2.52. The van der Waals surface area contributed by atoms with Crippen LogP contribution in [0.2, 0.25) is 0 Å². The molecule has 1 amide bonds. The molecule has 2 aliphatic heterocycles. The molecule has 4 rings (SSSR count). The smallest absolute Gasteiger partial charge is 0.289 e. The zero-order chi connectivity index (χ0) is 16.4. The van der Waals surface area contributed by atoms with Crippen molar-refractivity contribution in [2.75, 3.05) is 26.2 Å². The molecule has 0 N–H and O–H groups in total. The molecule has 24 heavy (non-hydrogen) atoms. The van der Waals surface area contributed by atoms with Crippen LogP contribution in [0.25, 0.3) is 0 Å². The zero-order valence-corrected chi connectivity index (χ0v) is 13.5. The van der Waals surface area contributed by atoms with Gasteiger partial charge in [0.15, 0.2) is 5.76 Å². The normalized spacial score (nSPS) is 24.1. The third-order valence-electron chi connectivity index (χ3n) is 4.79. The first kappa shape index (κ1) is 15.4. The van der Waals surface area contributed by atoms with Gasteiger partial charge in [0.05, 0.1) is 24.7 Å². The summed E-state index contributed by atoms with van der Waals surface area (Å²) in [7, 11) is 0. The molecular formula is C18H21N3O3. The Morgan fingerprint density at radius 1 is 1.25 bits per heavy atom. The highest BCUT2D eigenvalue weighted by molar-refractivity contribution is 5.91. The van der Waals surface area contributed by atoms with E-state index in [0.29, 0.717) is 18.4 Å². The van der Waals surface area contributed by atoms with Crippen molar-refractivity contribution in [1.82, 2.24) is 14.8 Å². The van der Waals surface area contributed by atoms with Crippen molar-refractivity contribution in [3.63, 3.8) is 0 Å². The quantitative estimate of drug-likeness (QED) is 0.857. The van der Waals surface area contributed by atoms with E-state index in [2.05, 4.69) is 9.88 Å². The Bertz CT molecular complexity index is 674. The summed E-state index contributed by atoms with van der Waals surface area (Å²) in [5.74, 6) is 0.405. The minimum atomic E-state index is -0.0162. The molecule has 126 valence electrons. The molecule has 2 atom stereocenters. The van der Waals surface area contributed by atoms with Gasteiger partial charge < -0.3 is 14.1 Å². The summed E-state index contributed by atoms with van der Waals surface area (Å²) >= 11 is 0. The number of nitrogens with zero attached hydrogens (tertiary/aromatic N) is 3. The van der Waals surface area contributed by atoms with E-state index in [1.54, 1.807) is 24.6 Å². The van der Waals surface area contributed by atoms with Gasteiger partial charge >= 0.3 is 0 Å². The fraction of sp³-hybridized carbons (Fsp3) is 0.444. The number of carbonyl (C=O) groups is 1. The van der Waals surface area contributed by atoms with E-state index in [-0.39, 0.29) is 12.0 Å². The Labute approximate surface area is 141 Å². The minimum absolute atomic E-state index is 0.0162. The summed E-state index contributed by atoms with van der Waals surface area (Å²) in [6.45, 7) is 3.84. The fourth-order valence-electron chi connectivity index (χ4n) is 3.54. The third kappa shape index (κ3) is 3.20. The maximum Gasteiger partial charge on any atom is 0.289 e. The predicted octanol–water partition coefficient (Wildman–Crippen LogP) is 1.79. The molecule has 2 aromatic heterocycles. The molecular weight excluding hydrogens is 306 g/mol. The number of amides is 1. The van der Waals surface area contributed by atoms with Gasteiger partial charge in [-0.1, -0.05) is 6.07 Å². The van der Waals surface area contributed by atoms with Gasteiger partial charge in [0.2, 0.25) is 0 Å². The Kier molecular flexibility index (Phi) is 4.32. The predicted molar refractivity (Wildman–Crippen MR) is 87.4 cm³/mol. The lowest BCUT2D eigenvalue weighted by atomic mass is 10.1. The number of hydrogen-bond donors (Lipinski definition) is 0. The highest BCUT2D eigenvalue weighted by atomic mass is 16.5. The second-order valence-electron chi connectivity index (χ2n) is 6.37. The lowest BCUT2D eigenvalue weighted by molar-refractivity contribution is 0.0431. The van der Waals surface area contributed by atoms with Crippen molar-refractivity contribution in [3.8, 4) is 0 Å². The number of furan rings is 1. The van der Waals surface area contributed by atoms with E-state index in [1.807, 2.05) is 23.1 Å². The molecule has 2 fully saturated rings. The standard InChI is InChI=1S/C18H21N3O3/c22-18(17-5-3-9-23-17)21-8-7-20-12-16(10-15(20)11-21)24-13-14-4-1-2-6-19-14/h1-6,9,15-16H,7-8,10-13H2/t15-,16+/m0/s1. The van der Waals surface area contributed by atoms with Crippen LogP contribution in [0.15, 0.2) is 47.2 Å². The van der Waals surface area contributed by atoms with Crippen LogP contribution in [-0.2, 0) is 11.3 Å². The Hall–Kier alpha value is -2.18. The van der Waals surface area contributed by atoms with Crippen molar-refractivity contribution in [3.05, 3.63) is 54.2 Å². The number of pyridine rings is 1. The molecule has 0 spiro atoms. The van der Waals surface area contributed by atoms with Crippen LogP contribution in [0.3, 0.4) is 0 Å². The molecule has 0 bridgehead atoms. The van der Waals surface area contributed by atoms with Crippen molar-refractivity contribution < 1.29 is 13.9 Å². The van der Waals surface area contributed by atoms with Crippen LogP contribution >= 0.6 is 0 Å². The summed E-state index contributed by atoms with van der Waals surface area (Å²) < 4.78 is 11.3. The summed E-state index contributed by atoms with van der Waals surface area (Å²) in [5, 5.41) is 0. The van der Waals surface area contributed by atoms with E-state index < -0.39 is 0 Å². The zero-order valence-electron chi connectivity index (χ0n) is 13.5. The third-order valence-corrected chi connectivity index (χ3v) is 4.79. The lowest BCUT2D eigenvalue weighted by Gasteiger charge is -2.36. The Balaban J connectivity index is 1.32. The van der Waals surface area contributed by atoms with E-state index in [1.165, 1.54) is 0 Å². The summed E-state index contributed by atoms with van der Waals surface area (Å²) in [6.07, 6.45) is 4.49. The summed E-state index contributed by atoms with van der Waals surface area (Å²) in [4.78, 5) is 21.0. The molecule has 2 aliphatic rings. The maximum absolute atomic E-state index is 12.4. The van der Waals surface area contributed by atoms with E-state index >= 15 is 0 Å². The fourth-order valence-corrected chi connectivity index (χ4v) is 3.54. The maximum atomic E-state index is 12.4. The van der Waals surface area contributed by atoms with Gasteiger partial charge in [0.1, 0.15) is 0 Å². The van der Waals surface area contributed by atoms with Crippen LogP contribution in [-0.4, -0.2) is 59.0 Å². The van der Waals surface area contributed by atoms with Gasteiger partial charge in [-0.25, -0.2) is 0 Å². The Morgan fingerprint density at radius 2 is 2.21 bits per heavy atom. The molecule has 6 nitrogen and oxygen atoms in total. The molecule has 0 saturated carbocycles. The molecule has 0 aliphatic carbocycles. The molecule has 4 heterocycles. The molecule has 2 saturated heterocycles. The molecule has 6 heteroatoms. The average Bonchev–Trinajstić information content (AvgIpc) is 3.29. The van der Waals surface area contributed by atoms with Crippen molar-refractivity contribution in [2.45, 2.75) is 25.2 Å². The minimum Gasteiger partial charge on any atom is -0.459 e. The van der Waals surface area contributed by atoms with Crippen molar-refractivity contribution in [1.29, 1.82) is 0 Å². The number of ether oxygens (including phenoxy) is 1. The molecule has 2 aromatic rings. The van der Waals surface area contributed by atoms with Crippen LogP contribution in [0.4, 0.5) is 0 Å². The number of rotatable bonds is 4. The SMILES string of the molecule is O=C(c1ccco1)N1CCN2C[C@H](OCc3ccccn3)C[C@H]2C1. The number of hydrogen-bond acceptors (Lipinski definition) is 5. The first-order valence-electron chi connectivity index (χ1n) is 8.38. The molecule has 0 radical (unpaired) electrons. The number of aromatic nitrogens is 1. The van der Waals surface area contributed by atoms with Crippen LogP contribution in [0.5, 0.6) is 0 Å². The average molecular weight is 327 g/mol. The van der Waals surface area contributed by atoms with Crippen LogP contribution in [0.1, 0.15) is 22.7 Å². The van der Waals surface area contributed by atoms with Gasteiger partial charge in [0, 0.05) is 38.4 Å². The number of carbonyl (C=O) groups excluding carboxylic acids is 1. The second-order valence-corrected chi connectivity index (χ2v) is 6.37. The van der Waals surface area contributed by atoms with Crippen LogP contribution in [0, 0.1) is 0 Å². The second kappa shape index (κ2) is 6.75. The van der Waals surface area contributed by atoms with E-state index in [4.69, 9.17) is 9.15 Å². The summed E-state index contributed by atoms with van der Waals surface area (Å²) in [6, 6.07) is 9.70. The van der Waals surface area contributed by atoms with E-state index in [9.17, 15) is 4.79 Å². The van der Waals surface area contributed by atoms with Gasteiger partial charge in [-0.15, -0.1) is 0 Å². The summed E-state index contributed by atoms with van der Waals surface area (Å²) in [5.41, 5.74) is 0.956. The Morgan fingerprint density at radius 3 is 3.00 bits per heavy atom. The monoisotopic (exact) mass is 327 g/mol. The molecule has 0 aromatic carbocycles. The van der Waals surface area contributed by atoms with Gasteiger partial charge in [-0.05, 0) is 30.7 Å². The topological polar surface area (TPSA) is 58.8 Å². The van der Waals surface area contributed by atoms with Crippen molar-refractivity contribution in [2.24, 2.45) is 0 Å². The van der Waals surface area contributed by atoms with E-state index in [0.717, 1.165) is 38.3 Å². The highest BCUT2D eigenvalue weighted by Gasteiger charge is 2.38. The molecule has 0 unspecified atom stereocenters. The van der Waals surface area contributed by atoms with Gasteiger partial charge in [-0.3, -0.25) is 14.7 Å². The number of fused-ring (bicyclic) bond motifs is 1. The highest BCUT2D eigenvalue weighted by Crippen LogP contribution is 2.25. The number of piperazine rings is 1. The van der Waals surface area contributed by atoms with Crippen LogP contribution < -0.4 is 0 Å². The van der Waals surface area contributed by atoms with Gasteiger partial charge in [-0.2, -0.15) is 0 Å². The van der Waals surface area contributed by atoms with Gasteiger partial charge in [0.25, 0.3) is 5.91 Å². The first-order chi connectivity index (χ1) is 11.8.